The number of ketones is 1. The first kappa shape index (κ1) is 21.3. The molecule has 0 N–H and O–H groups in total. The quantitative estimate of drug-likeness (QED) is 0.647. The summed E-state index contributed by atoms with van der Waals surface area (Å²) < 4.78 is 14.0. The number of carbonyl (C=O) groups is 1. The molecule has 0 saturated carbocycles. The Labute approximate surface area is 172 Å². The van der Waals surface area contributed by atoms with E-state index in [0.29, 0.717) is 30.7 Å². The Morgan fingerprint density at radius 2 is 2.00 bits per heavy atom. The molecule has 0 aliphatic carbocycles. The highest BCUT2D eigenvalue weighted by Gasteiger charge is 2.40. The first-order valence-corrected chi connectivity index (χ1v) is 10.4. The molecule has 1 aromatic heterocycles. The second kappa shape index (κ2) is 8.95. The monoisotopic (exact) mass is 397 g/mol. The highest BCUT2D eigenvalue weighted by molar-refractivity contribution is 5.95. The van der Waals surface area contributed by atoms with Crippen LogP contribution in [0.1, 0.15) is 56.6 Å². The number of carbonyl (C=O) groups excluding carboxylic acids is 1. The fraction of sp³-hybridized carbons (Fsp3) is 0.500. The van der Waals surface area contributed by atoms with E-state index in [0.717, 1.165) is 18.4 Å². The molecule has 0 radical (unpaired) electrons. The van der Waals surface area contributed by atoms with Crippen LogP contribution in [0.15, 0.2) is 47.4 Å². The van der Waals surface area contributed by atoms with Crippen LogP contribution in [-0.2, 0) is 17.9 Å². The van der Waals surface area contributed by atoms with Gasteiger partial charge in [-0.05, 0) is 30.7 Å². The summed E-state index contributed by atoms with van der Waals surface area (Å²) in [7, 11) is 0. The van der Waals surface area contributed by atoms with E-state index in [-0.39, 0.29) is 23.6 Å². The van der Waals surface area contributed by atoms with E-state index in [9.17, 15) is 9.59 Å². The third-order valence-electron chi connectivity index (χ3n) is 5.92. The third-order valence-corrected chi connectivity index (χ3v) is 5.92. The van der Waals surface area contributed by atoms with Gasteiger partial charge in [0.2, 0.25) is 5.43 Å². The van der Waals surface area contributed by atoms with Crippen LogP contribution in [0.5, 0.6) is 5.75 Å². The average Bonchev–Trinajstić information content (AvgIpc) is 2.70. The van der Waals surface area contributed by atoms with Crippen molar-refractivity contribution in [3.63, 3.8) is 0 Å². The number of hydrogen-bond donors (Lipinski definition) is 0. The zero-order chi connectivity index (χ0) is 21.0. The van der Waals surface area contributed by atoms with E-state index in [1.54, 1.807) is 6.20 Å². The van der Waals surface area contributed by atoms with Crippen LogP contribution in [0.2, 0.25) is 0 Å². The largest absolute Gasteiger partial charge is 0.483 e. The summed E-state index contributed by atoms with van der Waals surface area (Å²) >= 11 is 0. The van der Waals surface area contributed by atoms with E-state index in [2.05, 4.69) is 20.8 Å². The number of Topliss-reactive ketones (excluding diaryl/α,β-unsaturated/α-hetero) is 1. The Hall–Kier alpha value is -2.40. The molecule has 2 aromatic rings. The van der Waals surface area contributed by atoms with Crippen molar-refractivity contribution in [2.45, 2.75) is 59.3 Å². The van der Waals surface area contributed by atoms with E-state index in [1.807, 2.05) is 34.9 Å². The minimum absolute atomic E-state index is 0.115. The van der Waals surface area contributed by atoms with E-state index >= 15 is 0 Å². The maximum atomic E-state index is 12.5. The molecule has 0 bridgehead atoms. The zero-order valence-corrected chi connectivity index (χ0v) is 17.8. The van der Waals surface area contributed by atoms with Crippen molar-refractivity contribution >= 4 is 5.78 Å². The molecule has 5 heteroatoms. The molecule has 1 fully saturated rings. The van der Waals surface area contributed by atoms with Gasteiger partial charge < -0.3 is 14.0 Å². The molecule has 2 heterocycles. The molecule has 1 aliphatic heterocycles. The van der Waals surface area contributed by atoms with Gasteiger partial charge in [0.1, 0.15) is 12.3 Å². The predicted octanol–water partition coefficient (Wildman–Crippen LogP) is 4.47. The topological polar surface area (TPSA) is 57.5 Å². The molecule has 156 valence electrons. The Balaban J connectivity index is 1.93. The molecule has 1 aromatic carbocycles. The van der Waals surface area contributed by atoms with Crippen molar-refractivity contribution in [1.29, 1.82) is 0 Å². The van der Waals surface area contributed by atoms with E-state index in [1.165, 1.54) is 13.0 Å². The van der Waals surface area contributed by atoms with Crippen molar-refractivity contribution in [3.8, 4) is 5.75 Å². The summed E-state index contributed by atoms with van der Waals surface area (Å²) in [6, 6.07) is 11.1. The number of benzene rings is 1. The molecule has 29 heavy (non-hydrogen) atoms. The number of pyridine rings is 1. The smallest absolute Gasteiger partial charge is 0.224 e. The molecule has 1 aliphatic rings. The summed E-state index contributed by atoms with van der Waals surface area (Å²) in [5.41, 5.74) is 0.584. The number of nitrogens with zero attached hydrogens (tertiary/aromatic N) is 1. The zero-order valence-electron chi connectivity index (χ0n) is 17.8. The first-order chi connectivity index (χ1) is 13.8. The van der Waals surface area contributed by atoms with Gasteiger partial charge in [-0.3, -0.25) is 9.59 Å². The summed E-state index contributed by atoms with van der Waals surface area (Å²) in [4.78, 5) is 25.1. The third kappa shape index (κ3) is 4.78. The second-order valence-electron chi connectivity index (χ2n) is 8.39. The van der Waals surface area contributed by atoms with Gasteiger partial charge in [0, 0.05) is 25.8 Å². The number of hydrogen-bond acceptors (Lipinski definition) is 4. The van der Waals surface area contributed by atoms with Gasteiger partial charge in [0.15, 0.2) is 11.5 Å². The molecule has 3 rings (SSSR count). The molecule has 1 saturated heterocycles. The molecule has 0 amide bonds. The molecule has 3 atom stereocenters. The van der Waals surface area contributed by atoms with Gasteiger partial charge >= 0.3 is 0 Å². The maximum absolute atomic E-state index is 12.5. The van der Waals surface area contributed by atoms with Crippen molar-refractivity contribution < 1.29 is 14.3 Å². The number of aromatic nitrogens is 1. The fourth-order valence-corrected chi connectivity index (χ4v) is 4.28. The van der Waals surface area contributed by atoms with Crippen molar-refractivity contribution in [2.75, 3.05) is 6.61 Å². The Morgan fingerprint density at radius 3 is 2.66 bits per heavy atom. The predicted molar refractivity (Wildman–Crippen MR) is 113 cm³/mol. The lowest BCUT2D eigenvalue weighted by Crippen LogP contribution is -2.47. The lowest BCUT2D eigenvalue weighted by Gasteiger charge is -2.44. The minimum atomic E-state index is -0.392. The van der Waals surface area contributed by atoms with E-state index in [4.69, 9.17) is 9.47 Å². The number of rotatable bonds is 7. The lowest BCUT2D eigenvalue weighted by molar-refractivity contribution is -0.136. The van der Waals surface area contributed by atoms with E-state index < -0.39 is 5.60 Å². The lowest BCUT2D eigenvalue weighted by atomic mass is 9.78. The van der Waals surface area contributed by atoms with Gasteiger partial charge in [-0.1, -0.05) is 50.6 Å². The van der Waals surface area contributed by atoms with Crippen LogP contribution in [0.3, 0.4) is 0 Å². The van der Waals surface area contributed by atoms with Crippen LogP contribution in [-0.4, -0.2) is 22.6 Å². The van der Waals surface area contributed by atoms with Crippen LogP contribution in [0.25, 0.3) is 0 Å². The minimum Gasteiger partial charge on any atom is -0.483 e. The van der Waals surface area contributed by atoms with Crippen molar-refractivity contribution in [2.24, 2.45) is 11.8 Å². The maximum Gasteiger partial charge on any atom is 0.224 e. The molecule has 5 nitrogen and oxygen atoms in total. The van der Waals surface area contributed by atoms with Crippen LogP contribution >= 0.6 is 0 Å². The van der Waals surface area contributed by atoms with Crippen LogP contribution in [0.4, 0.5) is 0 Å². The molecule has 3 unspecified atom stereocenters. The Morgan fingerprint density at radius 1 is 1.28 bits per heavy atom. The van der Waals surface area contributed by atoms with Crippen LogP contribution < -0.4 is 10.2 Å². The number of ether oxygens (including phenoxy) is 2. The molecular formula is C24H31NO4. The SMILES string of the molecule is CCC1CC(C)COC1(C)Cn1ccc(=O)c(OCc2ccccc2)c1C(C)=O. The Bertz CT molecular complexity index is 905. The molecule has 0 spiro atoms. The fourth-order valence-electron chi connectivity index (χ4n) is 4.28. The van der Waals surface area contributed by atoms with Crippen molar-refractivity contribution in [3.05, 3.63) is 64.1 Å². The summed E-state index contributed by atoms with van der Waals surface area (Å²) in [6.45, 7) is 9.43. The Kier molecular flexibility index (Phi) is 6.58. The highest BCUT2D eigenvalue weighted by atomic mass is 16.5. The van der Waals surface area contributed by atoms with Crippen molar-refractivity contribution in [1.82, 2.24) is 4.57 Å². The summed E-state index contributed by atoms with van der Waals surface area (Å²) in [5.74, 6) is 0.842. The summed E-state index contributed by atoms with van der Waals surface area (Å²) in [6.07, 6.45) is 3.79. The highest BCUT2D eigenvalue weighted by Crippen LogP contribution is 2.37. The standard InChI is InChI=1S/C24H31NO4/c1-5-20-13-17(2)14-29-24(20,4)16-25-12-11-21(27)23(22(25)18(3)26)28-15-19-9-7-6-8-10-19/h6-12,17,20H,5,13-16H2,1-4H3. The van der Waals surface area contributed by atoms with Crippen LogP contribution in [0, 0.1) is 11.8 Å². The second-order valence-corrected chi connectivity index (χ2v) is 8.39. The first-order valence-electron chi connectivity index (χ1n) is 10.4. The normalized spacial score (nSPS) is 24.3. The van der Waals surface area contributed by atoms with Gasteiger partial charge in [-0.2, -0.15) is 0 Å². The van der Waals surface area contributed by atoms with Gasteiger partial charge in [-0.25, -0.2) is 0 Å². The van der Waals surface area contributed by atoms with Gasteiger partial charge in [-0.15, -0.1) is 0 Å². The van der Waals surface area contributed by atoms with Gasteiger partial charge in [0.25, 0.3) is 0 Å². The average molecular weight is 398 g/mol. The van der Waals surface area contributed by atoms with Gasteiger partial charge in [0.05, 0.1) is 12.1 Å². The molecular weight excluding hydrogens is 366 g/mol. The summed E-state index contributed by atoms with van der Waals surface area (Å²) in [5, 5.41) is 0.